The molecule has 4 heteroatoms. The van der Waals surface area contributed by atoms with Crippen LogP contribution in [-0.4, -0.2) is 28.9 Å². The van der Waals surface area contributed by atoms with Gasteiger partial charge in [0.05, 0.1) is 0 Å². The summed E-state index contributed by atoms with van der Waals surface area (Å²) >= 11 is 1.55. The van der Waals surface area contributed by atoms with Crippen LogP contribution in [0.4, 0.5) is 0 Å². The number of rotatable bonds is 2. The lowest BCUT2D eigenvalue weighted by atomic mass is 10.5. The molecular formula is C8H13N3S. The molecule has 0 aliphatic heterocycles. The minimum absolute atomic E-state index is 0.648. The number of nitrogens with zero attached hydrogens (tertiary/aromatic N) is 3. The van der Waals surface area contributed by atoms with Gasteiger partial charge in [-0.1, -0.05) is 11.8 Å². The van der Waals surface area contributed by atoms with E-state index in [1.54, 1.807) is 11.8 Å². The molecule has 0 aromatic carbocycles. The Labute approximate surface area is 77.5 Å². The standard InChI is InChI=1S/C8H13N3S/c1-3-11(7-4-5-7)8(12-2)10-6-9/h7H,3-5H2,1-2H3. The van der Waals surface area contributed by atoms with Crippen LogP contribution in [0.3, 0.4) is 0 Å². The van der Waals surface area contributed by atoms with Gasteiger partial charge >= 0.3 is 0 Å². The smallest absolute Gasteiger partial charge is 0.208 e. The van der Waals surface area contributed by atoms with Crippen LogP contribution in [0.5, 0.6) is 0 Å². The number of hydrogen-bond acceptors (Lipinski definition) is 3. The Bertz CT molecular complexity index is 215. The Balaban J connectivity index is 2.61. The van der Waals surface area contributed by atoms with Gasteiger partial charge in [0.25, 0.3) is 0 Å². The van der Waals surface area contributed by atoms with Crippen molar-refractivity contribution in [2.24, 2.45) is 4.99 Å². The van der Waals surface area contributed by atoms with Crippen molar-refractivity contribution >= 4 is 16.9 Å². The van der Waals surface area contributed by atoms with E-state index in [1.807, 2.05) is 12.4 Å². The van der Waals surface area contributed by atoms with E-state index in [1.165, 1.54) is 12.8 Å². The van der Waals surface area contributed by atoms with Crippen LogP contribution in [0, 0.1) is 11.5 Å². The quantitative estimate of drug-likeness (QED) is 0.371. The Kier molecular flexibility index (Phi) is 3.42. The molecule has 66 valence electrons. The molecular weight excluding hydrogens is 170 g/mol. The number of aliphatic imine (C=N–C) groups is 1. The van der Waals surface area contributed by atoms with Crippen molar-refractivity contribution in [1.29, 1.82) is 5.26 Å². The molecule has 0 saturated heterocycles. The second kappa shape index (κ2) is 4.36. The van der Waals surface area contributed by atoms with Gasteiger partial charge in [-0.15, -0.1) is 4.99 Å². The molecule has 1 fully saturated rings. The van der Waals surface area contributed by atoms with E-state index in [2.05, 4.69) is 16.8 Å². The second-order valence-electron chi connectivity index (χ2n) is 2.72. The molecule has 0 amide bonds. The van der Waals surface area contributed by atoms with Crippen molar-refractivity contribution in [3.8, 4) is 6.19 Å². The first kappa shape index (κ1) is 9.40. The van der Waals surface area contributed by atoms with Gasteiger partial charge in [-0.2, -0.15) is 5.26 Å². The maximum atomic E-state index is 8.44. The largest absolute Gasteiger partial charge is 0.348 e. The lowest BCUT2D eigenvalue weighted by molar-refractivity contribution is 0.440. The monoisotopic (exact) mass is 183 g/mol. The summed E-state index contributed by atoms with van der Waals surface area (Å²) in [7, 11) is 0. The molecule has 1 aliphatic rings. The summed E-state index contributed by atoms with van der Waals surface area (Å²) in [6, 6.07) is 0.648. The Morgan fingerprint density at radius 2 is 2.42 bits per heavy atom. The first-order valence-corrected chi connectivity index (χ1v) is 5.33. The molecule has 0 spiro atoms. The van der Waals surface area contributed by atoms with E-state index in [4.69, 9.17) is 5.26 Å². The van der Waals surface area contributed by atoms with Gasteiger partial charge in [-0.25, -0.2) is 0 Å². The fourth-order valence-corrected chi connectivity index (χ4v) is 1.85. The van der Waals surface area contributed by atoms with E-state index in [0.29, 0.717) is 6.04 Å². The van der Waals surface area contributed by atoms with Crippen LogP contribution < -0.4 is 0 Å². The predicted octanol–water partition coefficient (Wildman–Crippen LogP) is 1.67. The van der Waals surface area contributed by atoms with Crippen molar-refractivity contribution in [1.82, 2.24) is 4.90 Å². The highest BCUT2D eigenvalue weighted by Gasteiger charge is 2.29. The highest BCUT2D eigenvalue weighted by atomic mass is 32.2. The summed E-state index contributed by atoms with van der Waals surface area (Å²) < 4.78 is 0. The van der Waals surface area contributed by atoms with E-state index in [0.717, 1.165) is 11.7 Å². The minimum Gasteiger partial charge on any atom is -0.348 e. The molecule has 0 atom stereocenters. The van der Waals surface area contributed by atoms with E-state index < -0.39 is 0 Å². The van der Waals surface area contributed by atoms with E-state index >= 15 is 0 Å². The van der Waals surface area contributed by atoms with Gasteiger partial charge in [0.15, 0.2) is 5.17 Å². The molecule has 12 heavy (non-hydrogen) atoms. The van der Waals surface area contributed by atoms with Crippen molar-refractivity contribution in [3.63, 3.8) is 0 Å². The summed E-state index contributed by atoms with van der Waals surface area (Å²) in [4.78, 5) is 5.99. The molecule has 0 bridgehead atoms. The van der Waals surface area contributed by atoms with E-state index in [9.17, 15) is 0 Å². The van der Waals surface area contributed by atoms with Crippen LogP contribution in [0.2, 0.25) is 0 Å². The maximum absolute atomic E-state index is 8.44. The zero-order valence-electron chi connectivity index (χ0n) is 7.45. The van der Waals surface area contributed by atoms with Gasteiger partial charge < -0.3 is 4.90 Å². The van der Waals surface area contributed by atoms with Crippen molar-refractivity contribution < 1.29 is 0 Å². The lowest BCUT2D eigenvalue weighted by Gasteiger charge is -2.21. The Morgan fingerprint density at radius 3 is 2.75 bits per heavy atom. The summed E-state index contributed by atoms with van der Waals surface area (Å²) in [5.41, 5.74) is 0. The van der Waals surface area contributed by atoms with Gasteiger partial charge in [-0.3, -0.25) is 0 Å². The topological polar surface area (TPSA) is 39.4 Å². The molecule has 1 rings (SSSR count). The molecule has 0 aromatic rings. The van der Waals surface area contributed by atoms with Crippen molar-refractivity contribution in [2.45, 2.75) is 25.8 Å². The molecule has 0 radical (unpaired) electrons. The summed E-state index contributed by atoms with van der Waals surface area (Å²) in [5, 5.41) is 9.30. The molecule has 0 N–H and O–H groups in total. The third kappa shape index (κ3) is 2.15. The maximum Gasteiger partial charge on any atom is 0.208 e. The Morgan fingerprint density at radius 1 is 1.75 bits per heavy atom. The predicted molar refractivity (Wildman–Crippen MR) is 52.0 cm³/mol. The van der Waals surface area contributed by atoms with Gasteiger partial charge in [0.2, 0.25) is 6.19 Å². The van der Waals surface area contributed by atoms with Crippen LogP contribution in [0.15, 0.2) is 4.99 Å². The minimum atomic E-state index is 0.648. The molecule has 1 aliphatic carbocycles. The molecule has 0 unspecified atom stereocenters. The van der Waals surface area contributed by atoms with Gasteiger partial charge in [-0.05, 0) is 26.0 Å². The highest BCUT2D eigenvalue weighted by Crippen LogP contribution is 2.28. The van der Waals surface area contributed by atoms with Gasteiger partial charge in [0.1, 0.15) is 0 Å². The molecule has 1 saturated carbocycles. The number of amidine groups is 1. The fraction of sp³-hybridized carbons (Fsp3) is 0.750. The lowest BCUT2D eigenvalue weighted by Crippen LogP contribution is -2.30. The van der Waals surface area contributed by atoms with Crippen molar-refractivity contribution in [2.75, 3.05) is 12.8 Å². The zero-order valence-corrected chi connectivity index (χ0v) is 8.27. The summed E-state index contributed by atoms with van der Waals surface area (Å²) in [6.07, 6.45) is 6.30. The molecule has 0 heterocycles. The normalized spacial score (nSPS) is 17.2. The number of hydrogen-bond donors (Lipinski definition) is 0. The van der Waals surface area contributed by atoms with Crippen LogP contribution in [0.1, 0.15) is 19.8 Å². The van der Waals surface area contributed by atoms with Gasteiger partial charge in [0, 0.05) is 12.6 Å². The molecule has 0 aromatic heterocycles. The second-order valence-corrected chi connectivity index (χ2v) is 3.49. The van der Waals surface area contributed by atoms with Crippen molar-refractivity contribution in [3.05, 3.63) is 0 Å². The average molecular weight is 183 g/mol. The third-order valence-electron chi connectivity index (χ3n) is 1.90. The van der Waals surface area contributed by atoms with Crippen LogP contribution in [-0.2, 0) is 0 Å². The SMILES string of the molecule is CCN(C(=NC#N)SC)C1CC1. The summed E-state index contributed by atoms with van der Waals surface area (Å²) in [6.45, 7) is 3.05. The molecule has 3 nitrogen and oxygen atoms in total. The van der Waals surface area contributed by atoms with Crippen LogP contribution >= 0.6 is 11.8 Å². The zero-order chi connectivity index (χ0) is 8.97. The average Bonchev–Trinajstić information content (AvgIpc) is 2.88. The fourth-order valence-electron chi connectivity index (χ4n) is 1.21. The summed E-state index contributed by atoms with van der Waals surface area (Å²) in [5.74, 6) is 0. The van der Waals surface area contributed by atoms with Crippen LogP contribution in [0.25, 0.3) is 0 Å². The number of nitriles is 1. The van der Waals surface area contributed by atoms with E-state index in [-0.39, 0.29) is 0 Å². The Hall–Kier alpha value is -0.690. The first-order chi connectivity index (χ1) is 5.83. The first-order valence-electron chi connectivity index (χ1n) is 4.10. The highest BCUT2D eigenvalue weighted by molar-refractivity contribution is 8.13. The third-order valence-corrected chi connectivity index (χ3v) is 2.59. The number of thioether (sulfide) groups is 1.